The number of benzene rings is 1. The zero-order valence-corrected chi connectivity index (χ0v) is 11.7. The number of nitro groups is 1. The number of nitro benzene ring substituents is 1. The molecule has 0 aliphatic heterocycles. The van der Waals surface area contributed by atoms with Crippen LogP contribution >= 0.6 is 11.6 Å². The Morgan fingerprint density at radius 2 is 2.35 bits per heavy atom. The van der Waals surface area contributed by atoms with Gasteiger partial charge in [0.25, 0.3) is 5.69 Å². The predicted octanol–water partition coefficient (Wildman–Crippen LogP) is 2.62. The monoisotopic (exact) mass is 294 g/mol. The molecule has 0 fully saturated rings. The van der Waals surface area contributed by atoms with Crippen LogP contribution in [0.3, 0.4) is 0 Å². The van der Waals surface area contributed by atoms with Gasteiger partial charge < -0.3 is 9.88 Å². The summed E-state index contributed by atoms with van der Waals surface area (Å²) in [6.45, 7) is 3.38. The molecular weight excluding hydrogens is 280 g/mol. The molecule has 0 spiro atoms. The number of imidazole rings is 1. The van der Waals surface area contributed by atoms with Crippen LogP contribution in [-0.2, 0) is 13.1 Å². The molecule has 7 heteroatoms. The Labute approximate surface area is 121 Å². The van der Waals surface area contributed by atoms with Crippen molar-refractivity contribution < 1.29 is 4.92 Å². The molecule has 0 aliphatic rings. The number of halogens is 1. The molecule has 1 aromatic heterocycles. The third-order valence-electron chi connectivity index (χ3n) is 2.91. The highest BCUT2D eigenvalue weighted by molar-refractivity contribution is 6.32. The lowest BCUT2D eigenvalue weighted by atomic mass is 10.2. The largest absolute Gasteiger partial charge is 0.336 e. The normalized spacial score (nSPS) is 12.3. The maximum absolute atomic E-state index is 10.8. The molecule has 0 saturated carbocycles. The third kappa shape index (κ3) is 3.79. The van der Waals surface area contributed by atoms with Crippen LogP contribution in [0, 0.1) is 10.1 Å². The Balaban J connectivity index is 1.93. The van der Waals surface area contributed by atoms with Crippen LogP contribution in [-0.4, -0.2) is 20.5 Å². The van der Waals surface area contributed by atoms with Crippen molar-refractivity contribution in [2.75, 3.05) is 0 Å². The Morgan fingerprint density at radius 1 is 1.55 bits per heavy atom. The summed E-state index contributed by atoms with van der Waals surface area (Å²) >= 11 is 5.78. The highest BCUT2D eigenvalue weighted by Crippen LogP contribution is 2.24. The summed E-state index contributed by atoms with van der Waals surface area (Å²) in [7, 11) is 0. The van der Waals surface area contributed by atoms with Gasteiger partial charge in [0.1, 0.15) is 5.02 Å². The van der Waals surface area contributed by atoms with E-state index < -0.39 is 4.92 Å². The van der Waals surface area contributed by atoms with Crippen molar-refractivity contribution in [1.82, 2.24) is 14.9 Å². The summed E-state index contributed by atoms with van der Waals surface area (Å²) in [5, 5.41) is 14.3. The van der Waals surface area contributed by atoms with Crippen molar-refractivity contribution in [3.8, 4) is 0 Å². The summed E-state index contributed by atoms with van der Waals surface area (Å²) in [5.74, 6) is 0. The Hall–Kier alpha value is -1.92. The van der Waals surface area contributed by atoms with E-state index in [1.807, 2.05) is 17.7 Å². The van der Waals surface area contributed by atoms with Crippen molar-refractivity contribution >= 4 is 17.3 Å². The topological polar surface area (TPSA) is 73.0 Å². The molecule has 1 heterocycles. The first-order valence-corrected chi connectivity index (χ1v) is 6.56. The molecule has 0 radical (unpaired) electrons. The molecule has 1 aromatic carbocycles. The van der Waals surface area contributed by atoms with E-state index in [2.05, 4.69) is 10.3 Å². The molecule has 20 heavy (non-hydrogen) atoms. The van der Waals surface area contributed by atoms with Gasteiger partial charge in [-0.05, 0) is 18.6 Å². The van der Waals surface area contributed by atoms with Gasteiger partial charge in [-0.2, -0.15) is 0 Å². The van der Waals surface area contributed by atoms with Crippen LogP contribution in [0.25, 0.3) is 0 Å². The number of hydrogen-bond acceptors (Lipinski definition) is 4. The van der Waals surface area contributed by atoms with E-state index in [1.165, 1.54) is 6.07 Å². The lowest BCUT2D eigenvalue weighted by molar-refractivity contribution is -0.384. The van der Waals surface area contributed by atoms with E-state index in [4.69, 9.17) is 11.6 Å². The summed E-state index contributed by atoms with van der Waals surface area (Å²) < 4.78 is 1.97. The van der Waals surface area contributed by atoms with Gasteiger partial charge in [-0.25, -0.2) is 4.98 Å². The first-order valence-electron chi connectivity index (χ1n) is 6.18. The molecule has 0 aliphatic carbocycles. The minimum atomic E-state index is -0.471. The predicted molar refractivity (Wildman–Crippen MR) is 76.6 cm³/mol. The van der Waals surface area contributed by atoms with E-state index in [0.717, 1.165) is 12.1 Å². The van der Waals surface area contributed by atoms with Crippen molar-refractivity contribution in [3.05, 3.63) is 57.6 Å². The fourth-order valence-electron chi connectivity index (χ4n) is 1.88. The number of nitrogens with one attached hydrogen (secondary N) is 1. The van der Waals surface area contributed by atoms with Crippen LogP contribution in [0.4, 0.5) is 5.69 Å². The van der Waals surface area contributed by atoms with Gasteiger partial charge in [-0.15, -0.1) is 0 Å². The molecule has 1 atom stereocenters. The van der Waals surface area contributed by atoms with Gasteiger partial charge in [0.15, 0.2) is 0 Å². The number of aromatic nitrogens is 2. The minimum Gasteiger partial charge on any atom is -0.336 e. The van der Waals surface area contributed by atoms with E-state index in [1.54, 1.807) is 24.7 Å². The maximum Gasteiger partial charge on any atom is 0.288 e. The Bertz CT molecular complexity index is 586. The Kier molecular flexibility index (Phi) is 4.70. The van der Waals surface area contributed by atoms with Gasteiger partial charge >= 0.3 is 0 Å². The fraction of sp³-hybridized carbons (Fsp3) is 0.308. The molecule has 2 rings (SSSR count). The lowest BCUT2D eigenvalue weighted by Crippen LogP contribution is -2.29. The second-order valence-corrected chi connectivity index (χ2v) is 4.99. The van der Waals surface area contributed by atoms with Crippen molar-refractivity contribution in [3.63, 3.8) is 0 Å². The second kappa shape index (κ2) is 6.49. The van der Waals surface area contributed by atoms with Gasteiger partial charge in [0.05, 0.1) is 11.3 Å². The molecule has 1 N–H and O–H groups in total. The van der Waals surface area contributed by atoms with Gasteiger partial charge in [-0.3, -0.25) is 10.1 Å². The quantitative estimate of drug-likeness (QED) is 0.656. The van der Waals surface area contributed by atoms with E-state index in [9.17, 15) is 10.1 Å². The molecule has 0 saturated heterocycles. The summed E-state index contributed by atoms with van der Waals surface area (Å²) in [6.07, 6.45) is 5.38. The van der Waals surface area contributed by atoms with E-state index in [-0.39, 0.29) is 16.8 Å². The molecule has 0 amide bonds. The van der Waals surface area contributed by atoms with Crippen LogP contribution in [0.5, 0.6) is 0 Å². The van der Waals surface area contributed by atoms with Gasteiger partial charge in [0.2, 0.25) is 0 Å². The standard InChI is InChI=1S/C13H15ClN4O2/c1-10(8-17-5-4-15-9-17)16-7-11-2-3-12(14)13(6-11)18(19)20/h2-6,9-10,16H,7-8H2,1H3. The highest BCUT2D eigenvalue weighted by Gasteiger charge is 2.13. The molecule has 1 unspecified atom stereocenters. The van der Waals surface area contributed by atoms with Crippen molar-refractivity contribution in [2.45, 2.75) is 26.1 Å². The maximum atomic E-state index is 10.8. The smallest absolute Gasteiger partial charge is 0.288 e. The molecule has 2 aromatic rings. The second-order valence-electron chi connectivity index (χ2n) is 4.58. The highest BCUT2D eigenvalue weighted by atomic mass is 35.5. The number of hydrogen-bond donors (Lipinski definition) is 1. The molecule has 106 valence electrons. The average molecular weight is 295 g/mol. The lowest BCUT2D eigenvalue weighted by Gasteiger charge is -2.14. The third-order valence-corrected chi connectivity index (χ3v) is 3.23. The SMILES string of the molecule is CC(Cn1ccnc1)NCc1ccc(Cl)c([N+](=O)[O-])c1. The molecule has 0 bridgehead atoms. The summed E-state index contributed by atoms with van der Waals surface area (Å²) in [5.41, 5.74) is 0.770. The van der Waals surface area contributed by atoms with E-state index in [0.29, 0.717) is 6.54 Å². The first-order chi connectivity index (χ1) is 9.56. The van der Waals surface area contributed by atoms with Crippen molar-refractivity contribution in [2.24, 2.45) is 0 Å². The van der Waals surface area contributed by atoms with Crippen LogP contribution in [0.15, 0.2) is 36.9 Å². The van der Waals surface area contributed by atoms with Gasteiger partial charge in [0, 0.05) is 37.6 Å². The summed E-state index contributed by atoms with van der Waals surface area (Å²) in [4.78, 5) is 14.3. The summed E-state index contributed by atoms with van der Waals surface area (Å²) in [6, 6.07) is 5.06. The average Bonchev–Trinajstić information content (AvgIpc) is 2.90. The van der Waals surface area contributed by atoms with Gasteiger partial charge in [-0.1, -0.05) is 17.7 Å². The Morgan fingerprint density at radius 3 is 3.00 bits per heavy atom. The zero-order valence-electron chi connectivity index (χ0n) is 11.0. The van der Waals surface area contributed by atoms with Crippen LogP contribution in [0.2, 0.25) is 5.02 Å². The fourth-order valence-corrected chi connectivity index (χ4v) is 2.06. The minimum absolute atomic E-state index is 0.0618. The molecular formula is C13H15ClN4O2. The molecule has 6 nitrogen and oxygen atoms in total. The number of rotatable bonds is 6. The van der Waals surface area contributed by atoms with E-state index >= 15 is 0 Å². The van der Waals surface area contributed by atoms with Crippen LogP contribution in [0.1, 0.15) is 12.5 Å². The number of nitrogens with zero attached hydrogens (tertiary/aromatic N) is 3. The van der Waals surface area contributed by atoms with Crippen LogP contribution < -0.4 is 5.32 Å². The first kappa shape index (κ1) is 14.5. The van der Waals surface area contributed by atoms with Crippen molar-refractivity contribution in [1.29, 1.82) is 0 Å². The zero-order chi connectivity index (χ0) is 14.5.